The van der Waals surface area contributed by atoms with Crippen LogP contribution in [-0.2, 0) is 15.8 Å². The fraction of sp³-hybridized carbons (Fsp3) is 0.357. The fourth-order valence-corrected chi connectivity index (χ4v) is 3.93. The number of carboxylic acid groups (broad SMARTS) is 1. The summed E-state index contributed by atoms with van der Waals surface area (Å²) in [5.74, 6) is -0.759. The first kappa shape index (κ1) is 16.4. The summed E-state index contributed by atoms with van der Waals surface area (Å²) in [7, 11) is -3.46. The van der Waals surface area contributed by atoms with Crippen LogP contribution < -0.4 is 4.90 Å². The summed E-state index contributed by atoms with van der Waals surface area (Å²) < 4.78 is 30.8. The van der Waals surface area contributed by atoms with E-state index < -0.39 is 16.0 Å². The average Bonchev–Trinajstić information content (AvgIpc) is 3.07. The van der Waals surface area contributed by atoms with Crippen LogP contribution in [0.15, 0.2) is 35.1 Å². The number of aromatic carboxylic acids is 1. The Labute approximate surface area is 138 Å². The largest absolute Gasteiger partial charge is 0.477 e. The molecule has 0 amide bonds. The number of carboxylic acids is 1. The maximum absolute atomic E-state index is 12.4. The van der Waals surface area contributed by atoms with Gasteiger partial charge in [-0.2, -0.15) is 4.31 Å². The van der Waals surface area contributed by atoms with E-state index in [9.17, 15) is 13.2 Å². The summed E-state index contributed by atoms with van der Waals surface area (Å²) in [6.45, 7) is 1.49. The zero-order valence-electron chi connectivity index (χ0n) is 12.7. The Morgan fingerprint density at radius 1 is 1.21 bits per heavy atom. The molecule has 2 aromatic rings. The number of anilines is 1. The number of rotatable bonds is 5. The van der Waals surface area contributed by atoms with Gasteiger partial charge in [0.15, 0.2) is 5.69 Å². The summed E-state index contributed by atoms with van der Waals surface area (Å²) in [5.41, 5.74) is 0.335. The molecule has 0 atom stereocenters. The minimum atomic E-state index is -3.46. The molecule has 3 heterocycles. The van der Waals surface area contributed by atoms with Crippen LogP contribution in [0.5, 0.6) is 0 Å². The highest BCUT2D eigenvalue weighted by Gasteiger charge is 2.28. The Hall–Kier alpha value is -2.46. The van der Waals surface area contributed by atoms with Gasteiger partial charge < -0.3 is 14.5 Å². The smallest absolute Gasteiger partial charge is 0.354 e. The first-order chi connectivity index (χ1) is 11.5. The Balaban J connectivity index is 1.65. The van der Waals surface area contributed by atoms with Gasteiger partial charge in [0, 0.05) is 32.2 Å². The van der Waals surface area contributed by atoms with E-state index in [0.29, 0.717) is 37.7 Å². The van der Waals surface area contributed by atoms with Gasteiger partial charge in [0.2, 0.25) is 10.0 Å². The molecule has 1 aliphatic heterocycles. The Bertz CT molecular complexity index is 813. The van der Waals surface area contributed by atoms with E-state index in [1.807, 2.05) is 4.90 Å². The quantitative estimate of drug-likeness (QED) is 0.823. The van der Waals surface area contributed by atoms with Crippen LogP contribution in [0.25, 0.3) is 0 Å². The molecule has 1 fully saturated rings. The van der Waals surface area contributed by atoms with Gasteiger partial charge in [0.1, 0.15) is 17.8 Å². The highest BCUT2D eigenvalue weighted by molar-refractivity contribution is 7.88. The third kappa shape index (κ3) is 3.54. The molecule has 3 rings (SSSR count). The minimum absolute atomic E-state index is 0.0337. The van der Waals surface area contributed by atoms with Crippen LogP contribution in [-0.4, -0.2) is 60.1 Å². The number of hydrogen-bond acceptors (Lipinski definition) is 7. The second kappa shape index (κ2) is 6.57. The zero-order valence-corrected chi connectivity index (χ0v) is 13.5. The van der Waals surface area contributed by atoms with Gasteiger partial charge in [0.05, 0.1) is 5.69 Å². The van der Waals surface area contributed by atoms with E-state index in [1.165, 1.54) is 22.7 Å². The molecule has 0 spiro atoms. The zero-order chi connectivity index (χ0) is 17.2. The standard InChI is InChI=1S/C14H16N4O5S/c19-14(20)12-2-1-3-13(15-12)17-5-7-18(8-6-17)24(21,22)10-11-4-9-23-16-11/h1-4,9H,5-8,10H2,(H,19,20). The molecule has 10 heteroatoms. The van der Waals surface area contributed by atoms with Crippen molar-refractivity contribution in [1.82, 2.24) is 14.4 Å². The molecule has 1 aliphatic rings. The van der Waals surface area contributed by atoms with Crippen molar-refractivity contribution >= 4 is 21.8 Å². The number of carbonyl (C=O) groups is 1. The van der Waals surface area contributed by atoms with Gasteiger partial charge in [0.25, 0.3) is 0 Å². The van der Waals surface area contributed by atoms with Crippen LogP contribution in [0.2, 0.25) is 0 Å². The van der Waals surface area contributed by atoms with Crippen molar-refractivity contribution in [2.45, 2.75) is 5.75 Å². The van der Waals surface area contributed by atoms with E-state index in [1.54, 1.807) is 12.1 Å². The predicted molar refractivity (Wildman–Crippen MR) is 84.1 cm³/mol. The van der Waals surface area contributed by atoms with E-state index in [4.69, 9.17) is 5.11 Å². The third-order valence-corrected chi connectivity index (χ3v) is 5.54. The van der Waals surface area contributed by atoms with E-state index in [0.717, 1.165) is 0 Å². The maximum atomic E-state index is 12.4. The van der Waals surface area contributed by atoms with Gasteiger partial charge in [-0.3, -0.25) is 0 Å². The van der Waals surface area contributed by atoms with Crippen molar-refractivity contribution in [2.75, 3.05) is 31.1 Å². The molecule has 2 aromatic heterocycles. The van der Waals surface area contributed by atoms with Crippen LogP contribution >= 0.6 is 0 Å². The van der Waals surface area contributed by atoms with Crippen LogP contribution in [0.3, 0.4) is 0 Å². The van der Waals surface area contributed by atoms with Gasteiger partial charge in [-0.05, 0) is 12.1 Å². The van der Waals surface area contributed by atoms with Gasteiger partial charge in [-0.15, -0.1) is 0 Å². The minimum Gasteiger partial charge on any atom is -0.477 e. The predicted octanol–water partition coefficient (Wildman–Crippen LogP) is 0.420. The molecule has 0 unspecified atom stereocenters. The lowest BCUT2D eigenvalue weighted by molar-refractivity contribution is 0.0690. The molecule has 0 bridgehead atoms. The summed E-state index contributed by atoms with van der Waals surface area (Å²) in [6, 6.07) is 6.28. The van der Waals surface area contributed by atoms with Crippen molar-refractivity contribution in [3.8, 4) is 0 Å². The number of piperazine rings is 1. The van der Waals surface area contributed by atoms with Crippen LogP contribution in [0, 0.1) is 0 Å². The SMILES string of the molecule is O=C(O)c1cccc(N2CCN(S(=O)(=O)Cc3ccon3)CC2)n1. The Kier molecular flexibility index (Phi) is 4.49. The summed E-state index contributed by atoms with van der Waals surface area (Å²) in [5, 5.41) is 12.6. The number of nitrogens with zero attached hydrogens (tertiary/aromatic N) is 4. The van der Waals surface area contributed by atoms with Gasteiger partial charge in [-0.1, -0.05) is 11.2 Å². The molecule has 1 N–H and O–H groups in total. The lowest BCUT2D eigenvalue weighted by Gasteiger charge is -2.34. The molecule has 24 heavy (non-hydrogen) atoms. The Morgan fingerprint density at radius 3 is 2.58 bits per heavy atom. The second-order valence-corrected chi connectivity index (χ2v) is 7.29. The molecular formula is C14H16N4O5S. The van der Waals surface area contributed by atoms with Crippen molar-refractivity contribution in [3.63, 3.8) is 0 Å². The number of pyridine rings is 1. The molecule has 9 nitrogen and oxygen atoms in total. The van der Waals surface area contributed by atoms with E-state index in [2.05, 4.69) is 14.7 Å². The van der Waals surface area contributed by atoms with E-state index >= 15 is 0 Å². The van der Waals surface area contributed by atoms with Gasteiger partial charge >= 0.3 is 5.97 Å². The topological polar surface area (TPSA) is 117 Å². The normalized spacial score (nSPS) is 16.2. The van der Waals surface area contributed by atoms with Crippen molar-refractivity contribution < 1.29 is 22.8 Å². The number of aromatic nitrogens is 2. The van der Waals surface area contributed by atoms with Crippen LogP contribution in [0.1, 0.15) is 16.2 Å². The molecule has 0 saturated carbocycles. The first-order valence-corrected chi connectivity index (χ1v) is 8.89. The number of sulfonamides is 1. The van der Waals surface area contributed by atoms with E-state index in [-0.39, 0.29) is 11.4 Å². The van der Waals surface area contributed by atoms with Gasteiger partial charge in [-0.25, -0.2) is 18.2 Å². The molecule has 0 aliphatic carbocycles. The molecule has 0 radical (unpaired) electrons. The highest BCUT2D eigenvalue weighted by Crippen LogP contribution is 2.17. The monoisotopic (exact) mass is 352 g/mol. The highest BCUT2D eigenvalue weighted by atomic mass is 32.2. The molecule has 1 saturated heterocycles. The summed E-state index contributed by atoms with van der Waals surface area (Å²) in [4.78, 5) is 16.9. The lowest BCUT2D eigenvalue weighted by Crippen LogP contribution is -2.49. The molecular weight excluding hydrogens is 336 g/mol. The lowest BCUT2D eigenvalue weighted by atomic mass is 10.3. The number of hydrogen-bond donors (Lipinski definition) is 1. The molecule has 128 valence electrons. The summed E-state index contributed by atoms with van der Waals surface area (Å²) >= 11 is 0. The summed E-state index contributed by atoms with van der Waals surface area (Å²) in [6.07, 6.45) is 1.34. The molecule has 0 aromatic carbocycles. The average molecular weight is 352 g/mol. The van der Waals surface area contributed by atoms with Crippen molar-refractivity contribution in [2.24, 2.45) is 0 Å². The maximum Gasteiger partial charge on any atom is 0.354 e. The second-order valence-electron chi connectivity index (χ2n) is 5.32. The third-order valence-electron chi connectivity index (χ3n) is 3.73. The van der Waals surface area contributed by atoms with Crippen LogP contribution in [0.4, 0.5) is 5.82 Å². The van der Waals surface area contributed by atoms with Crippen molar-refractivity contribution in [1.29, 1.82) is 0 Å². The first-order valence-electron chi connectivity index (χ1n) is 7.28. The fourth-order valence-electron chi connectivity index (χ4n) is 2.50. The van der Waals surface area contributed by atoms with Crippen molar-refractivity contribution in [3.05, 3.63) is 41.9 Å². The Morgan fingerprint density at radius 2 is 1.96 bits per heavy atom.